The van der Waals surface area contributed by atoms with E-state index in [9.17, 15) is 0 Å². The van der Waals surface area contributed by atoms with Crippen molar-refractivity contribution in [1.82, 2.24) is 0 Å². The zero-order valence-corrected chi connectivity index (χ0v) is 10.7. The van der Waals surface area contributed by atoms with Gasteiger partial charge in [0.1, 0.15) is 0 Å². The Morgan fingerprint density at radius 1 is 0.824 bits per heavy atom. The lowest BCUT2D eigenvalue weighted by Gasteiger charge is -2.60. The second-order valence-electron chi connectivity index (χ2n) is 6.95. The summed E-state index contributed by atoms with van der Waals surface area (Å²) in [6.07, 6.45) is 7.60. The SMILES string of the molecule is CC1(c2ccccc2)C2CC3CC(C2)CC1C3. The third-order valence-electron chi connectivity index (χ3n) is 6.23. The quantitative estimate of drug-likeness (QED) is 0.666. The summed E-state index contributed by atoms with van der Waals surface area (Å²) in [5.41, 5.74) is 2.11. The summed E-state index contributed by atoms with van der Waals surface area (Å²) >= 11 is 0. The van der Waals surface area contributed by atoms with Gasteiger partial charge in [-0.15, -0.1) is 0 Å². The van der Waals surface area contributed by atoms with E-state index in [0.29, 0.717) is 5.41 Å². The van der Waals surface area contributed by atoms with Crippen molar-refractivity contribution in [2.45, 2.75) is 44.4 Å². The van der Waals surface area contributed by atoms with Gasteiger partial charge in [0.15, 0.2) is 0 Å². The molecule has 0 N–H and O–H groups in total. The van der Waals surface area contributed by atoms with Crippen molar-refractivity contribution in [3.63, 3.8) is 0 Å². The van der Waals surface area contributed by atoms with Crippen LogP contribution in [0.1, 0.15) is 44.6 Å². The van der Waals surface area contributed by atoms with E-state index in [2.05, 4.69) is 37.3 Å². The van der Waals surface area contributed by atoms with Gasteiger partial charge in [0.05, 0.1) is 0 Å². The molecule has 0 heterocycles. The van der Waals surface area contributed by atoms with Gasteiger partial charge < -0.3 is 0 Å². The third kappa shape index (κ3) is 1.30. The van der Waals surface area contributed by atoms with E-state index in [-0.39, 0.29) is 0 Å². The number of rotatable bonds is 1. The number of hydrogen-bond acceptors (Lipinski definition) is 0. The largest absolute Gasteiger partial charge is 0.0622 e. The number of benzene rings is 1. The molecule has 4 fully saturated rings. The van der Waals surface area contributed by atoms with Crippen LogP contribution in [0.15, 0.2) is 30.3 Å². The Morgan fingerprint density at radius 3 is 1.88 bits per heavy atom. The van der Waals surface area contributed by atoms with Crippen LogP contribution in [0.5, 0.6) is 0 Å². The minimum Gasteiger partial charge on any atom is -0.0622 e. The third-order valence-corrected chi connectivity index (χ3v) is 6.23. The highest BCUT2D eigenvalue weighted by Crippen LogP contribution is 2.62. The van der Waals surface area contributed by atoms with Crippen molar-refractivity contribution >= 4 is 0 Å². The van der Waals surface area contributed by atoms with E-state index in [1.165, 1.54) is 25.7 Å². The fraction of sp³-hybridized carbons (Fsp3) is 0.647. The zero-order chi connectivity index (χ0) is 11.5. The monoisotopic (exact) mass is 226 g/mol. The first-order chi connectivity index (χ1) is 8.27. The highest BCUT2D eigenvalue weighted by molar-refractivity contribution is 5.29. The lowest BCUT2D eigenvalue weighted by Crippen LogP contribution is -2.53. The van der Waals surface area contributed by atoms with Crippen LogP contribution >= 0.6 is 0 Å². The molecule has 5 rings (SSSR count). The first-order valence-corrected chi connectivity index (χ1v) is 7.32. The molecule has 0 unspecified atom stereocenters. The van der Waals surface area contributed by atoms with E-state index >= 15 is 0 Å². The predicted molar refractivity (Wildman–Crippen MR) is 70.8 cm³/mol. The molecule has 0 saturated heterocycles. The maximum absolute atomic E-state index is 2.56. The molecule has 4 aliphatic carbocycles. The Labute approximate surface area is 104 Å². The molecule has 4 saturated carbocycles. The van der Waals surface area contributed by atoms with Gasteiger partial charge in [0, 0.05) is 0 Å². The first kappa shape index (κ1) is 10.2. The molecule has 4 aliphatic rings. The first-order valence-electron chi connectivity index (χ1n) is 7.32. The molecule has 0 amide bonds. The molecule has 0 aromatic heterocycles. The van der Waals surface area contributed by atoms with Crippen LogP contribution in [-0.2, 0) is 5.41 Å². The second-order valence-corrected chi connectivity index (χ2v) is 6.95. The molecule has 0 aliphatic heterocycles. The molecular formula is C17H22. The van der Waals surface area contributed by atoms with E-state index in [1.807, 2.05) is 0 Å². The van der Waals surface area contributed by atoms with Gasteiger partial charge in [0.25, 0.3) is 0 Å². The van der Waals surface area contributed by atoms with Crippen molar-refractivity contribution in [2.75, 3.05) is 0 Å². The Hall–Kier alpha value is -0.780. The van der Waals surface area contributed by atoms with E-state index in [1.54, 1.807) is 12.0 Å². The van der Waals surface area contributed by atoms with E-state index < -0.39 is 0 Å². The Balaban J connectivity index is 1.78. The lowest BCUT2D eigenvalue weighted by molar-refractivity contribution is -0.0523. The van der Waals surface area contributed by atoms with Crippen LogP contribution in [0, 0.1) is 23.7 Å². The topological polar surface area (TPSA) is 0 Å². The molecule has 17 heavy (non-hydrogen) atoms. The fourth-order valence-electron chi connectivity index (χ4n) is 5.43. The second kappa shape index (κ2) is 3.37. The summed E-state index contributed by atoms with van der Waals surface area (Å²) in [5.74, 6) is 4.10. The van der Waals surface area contributed by atoms with Gasteiger partial charge in [-0.1, -0.05) is 37.3 Å². The van der Waals surface area contributed by atoms with Crippen LogP contribution in [-0.4, -0.2) is 0 Å². The minimum atomic E-state index is 0.495. The molecule has 0 heteroatoms. The maximum Gasteiger partial charge on any atom is -0.00184 e. The molecule has 4 bridgehead atoms. The smallest absolute Gasteiger partial charge is 0.00184 e. The van der Waals surface area contributed by atoms with Gasteiger partial charge in [-0.2, -0.15) is 0 Å². The van der Waals surface area contributed by atoms with E-state index in [0.717, 1.165) is 23.7 Å². The fourth-order valence-corrected chi connectivity index (χ4v) is 5.43. The van der Waals surface area contributed by atoms with Crippen LogP contribution in [0.25, 0.3) is 0 Å². The molecule has 0 atom stereocenters. The van der Waals surface area contributed by atoms with Crippen LogP contribution in [0.2, 0.25) is 0 Å². The Morgan fingerprint density at radius 2 is 1.35 bits per heavy atom. The maximum atomic E-state index is 2.56. The van der Waals surface area contributed by atoms with Crippen molar-refractivity contribution in [1.29, 1.82) is 0 Å². The van der Waals surface area contributed by atoms with Gasteiger partial charge in [-0.25, -0.2) is 0 Å². The summed E-state index contributed by atoms with van der Waals surface area (Å²) in [6.45, 7) is 2.56. The molecule has 0 spiro atoms. The van der Waals surface area contributed by atoms with Crippen LogP contribution in [0.4, 0.5) is 0 Å². The summed E-state index contributed by atoms with van der Waals surface area (Å²) in [6, 6.07) is 11.4. The Bertz CT molecular complexity index is 389. The van der Waals surface area contributed by atoms with Gasteiger partial charge in [0.2, 0.25) is 0 Å². The Kier molecular flexibility index (Phi) is 2.02. The van der Waals surface area contributed by atoms with Gasteiger partial charge in [-0.05, 0) is 66.8 Å². The highest BCUT2D eigenvalue weighted by Gasteiger charge is 2.55. The molecule has 90 valence electrons. The average Bonchev–Trinajstić information content (AvgIpc) is 2.36. The highest BCUT2D eigenvalue weighted by atomic mass is 14.6. The van der Waals surface area contributed by atoms with Crippen molar-refractivity contribution in [2.24, 2.45) is 23.7 Å². The average molecular weight is 226 g/mol. The summed E-state index contributed by atoms with van der Waals surface area (Å²) < 4.78 is 0. The zero-order valence-electron chi connectivity index (χ0n) is 10.7. The molecule has 0 radical (unpaired) electrons. The summed E-state index contributed by atoms with van der Waals surface area (Å²) in [7, 11) is 0. The normalized spacial score (nSPS) is 47.4. The predicted octanol–water partition coefficient (Wildman–Crippen LogP) is 4.40. The van der Waals surface area contributed by atoms with Gasteiger partial charge in [-0.3, -0.25) is 0 Å². The molecule has 1 aromatic carbocycles. The lowest BCUT2D eigenvalue weighted by atomic mass is 9.44. The molecule has 0 nitrogen and oxygen atoms in total. The summed E-state index contributed by atoms with van der Waals surface area (Å²) in [4.78, 5) is 0. The van der Waals surface area contributed by atoms with Crippen molar-refractivity contribution in [3.8, 4) is 0 Å². The van der Waals surface area contributed by atoms with Gasteiger partial charge >= 0.3 is 0 Å². The summed E-state index contributed by atoms with van der Waals surface area (Å²) in [5, 5.41) is 0. The van der Waals surface area contributed by atoms with Crippen LogP contribution in [0.3, 0.4) is 0 Å². The minimum absolute atomic E-state index is 0.495. The number of hydrogen-bond donors (Lipinski definition) is 0. The molecule has 1 aromatic rings. The molecular weight excluding hydrogens is 204 g/mol. The van der Waals surface area contributed by atoms with Crippen molar-refractivity contribution < 1.29 is 0 Å². The van der Waals surface area contributed by atoms with E-state index in [4.69, 9.17) is 0 Å². The standard InChI is InChI=1S/C17H22/c1-17(14-5-3-2-4-6-14)15-8-12-7-13(10-15)11-16(17)9-12/h2-6,12-13,15-16H,7-11H2,1H3. The van der Waals surface area contributed by atoms with Crippen molar-refractivity contribution in [3.05, 3.63) is 35.9 Å². The van der Waals surface area contributed by atoms with Crippen LogP contribution < -0.4 is 0 Å².